The van der Waals surface area contributed by atoms with Crippen molar-refractivity contribution < 1.29 is 84.0 Å². The highest BCUT2D eigenvalue weighted by Gasteiger charge is 2.52. The molecule has 0 aliphatic carbocycles. The quantitative estimate of drug-likeness (QED) is 0.0501. The van der Waals surface area contributed by atoms with Crippen LogP contribution in [0.5, 0.6) is 11.5 Å². The number of alkyl carbamates (subject to hydrolysis) is 1. The summed E-state index contributed by atoms with van der Waals surface area (Å²) in [5, 5.41) is 5.29. The highest BCUT2D eigenvalue weighted by Crippen LogP contribution is 2.49. The van der Waals surface area contributed by atoms with Gasteiger partial charge in [-0.3, -0.25) is 24.0 Å². The molecule has 105 heavy (non-hydrogen) atoms. The third-order valence-electron chi connectivity index (χ3n) is 18.1. The Kier molecular flexibility index (Phi) is 24.9. The van der Waals surface area contributed by atoms with Crippen LogP contribution in [0.15, 0.2) is 91.0 Å². The van der Waals surface area contributed by atoms with Gasteiger partial charge < -0.3 is 63.7 Å². The predicted octanol–water partition coefficient (Wildman–Crippen LogP) is 14.3. The molecule has 28 heteroatoms. The smallest absolute Gasteiger partial charge is 0.417 e. The van der Waals surface area contributed by atoms with E-state index in [1.54, 1.807) is 101 Å². The first-order valence-electron chi connectivity index (χ1n) is 34.8. The first kappa shape index (κ1) is 80.2. The number of benzene rings is 5. The number of likely N-dealkylation sites (tertiary alicyclic amines) is 2. The van der Waals surface area contributed by atoms with Gasteiger partial charge in [0.1, 0.15) is 40.9 Å². The van der Waals surface area contributed by atoms with E-state index in [0.29, 0.717) is 73.8 Å². The molecule has 9 rings (SSSR count). The Balaban J connectivity index is 0.000000269. The molecule has 8 amide bonds. The Bertz CT molecular complexity index is 4200. The van der Waals surface area contributed by atoms with E-state index in [1.807, 2.05) is 34.6 Å². The van der Waals surface area contributed by atoms with Crippen molar-refractivity contribution in [3.63, 3.8) is 0 Å². The van der Waals surface area contributed by atoms with Gasteiger partial charge in [0.05, 0.1) is 47.7 Å². The van der Waals surface area contributed by atoms with E-state index in [-0.39, 0.29) is 98.0 Å². The number of amides is 8. The average Bonchev–Trinajstić information content (AvgIpc) is 0.733. The second kappa shape index (κ2) is 32.7. The van der Waals surface area contributed by atoms with E-state index in [1.165, 1.54) is 46.7 Å². The summed E-state index contributed by atoms with van der Waals surface area (Å²) < 4.78 is 104. The first-order chi connectivity index (χ1) is 49.2. The normalized spacial score (nSPS) is 18.7. The van der Waals surface area contributed by atoms with Gasteiger partial charge in [-0.2, -0.15) is 13.2 Å². The molecule has 4 aliphatic rings. The van der Waals surface area contributed by atoms with Crippen LogP contribution in [0.3, 0.4) is 0 Å². The minimum Gasteiger partial charge on any atom is -0.471 e. The Hall–Kier alpha value is -10.5. The van der Waals surface area contributed by atoms with Crippen molar-refractivity contribution in [1.82, 2.24) is 30.2 Å². The highest BCUT2D eigenvalue weighted by molar-refractivity contribution is 6.07. The fourth-order valence-electron chi connectivity index (χ4n) is 13.2. The predicted molar refractivity (Wildman–Crippen MR) is 381 cm³/mol. The Labute approximate surface area is 608 Å². The molecule has 0 aromatic heterocycles. The van der Waals surface area contributed by atoms with Crippen molar-refractivity contribution in [2.45, 2.75) is 188 Å². The maximum absolute atomic E-state index is 15.4. The standard InChI is InChI=1S/C41H45F4N5O7.C36H46FN5O6/c1-25(2)50(28-14-11-18-48(23-28)38(54)57-39(3,4)5)35(51)29-21-33-34(22-30(29)41(43,44)45)56-40(6,31-20-27(46-7)15-16-32(31)42)36(52)49(33)19-17-47-37(53)55-24-26-12-9-8-10-13-26;1-10-31(43)39-15-17-41-29-20-26(32(44)42(22(2)3)25-12-11-16-40(21-25)34(46)48-35(5,6)7)23(4)18-30(29)47-36(8,33(41)45)27-19-24(38-9)13-14-28(27)37/h8-10,12-13,15-16,20-22,25,28H,11,14,17-19,23-24H2,1-6H3,(H,47,53);13-14,18-20,22,25H,10-12,15-17,21H2,1-8H3,(H,39,43)/t28-,40?;25-,36?/m11/s1. The van der Waals surface area contributed by atoms with Gasteiger partial charge in [0, 0.05) is 87.6 Å². The lowest BCUT2D eigenvalue weighted by Crippen LogP contribution is -2.55. The molecule has 5 aromatic rings. The summed E-state index contributed by atoms with van der Waals surface area (Å²) in [6.45, 7) is 39.3. The largest absolute Gasteiger partial charge is 0.471 e. The number of piperidine rings is 2. The van der Waals surface area contributed by atoms with E-state index in [2.05, 4.69) is 20.3 Å². The van der Waals surface area contributed by atoms with E-state index in [9.17, 15) is 38.4 Å². The third kappa shape index (κ3) is 18.7. The number of hydrogen-bond donors (Lipinski definition) is 2. The fourth-order valence-corrected chi connectivity index (χ4v) is 13.2. The molecule has 2 fully saturated rings. The maximum Gasteiger partial charge on any atom is 0.417 e. The second-order valence-electron chi connectivity index (χ2n) is 29.0. The number of halogens is 5. The molecule has 2 unspecified atom stereocenters. The Morgan fingerprint density at radius 3 is 1.50 bits per heavy atom. The van der Waals surface area contributed by atoms with E-state index >= 15 is 22.0 Å². The lowest BCUT2D eigenvalue weighted by Gasteiger charge is -2.43. The number of rotatable bonds is 17. The number of alkyl halides is 3. The zero-order valence-corrected chi connectivity index (χ0v) is 61.6. The minimum atomic E-state index is -5.11. The molecule has 0 radical (unpaired) electrons. The number of carbonyl (C=O) groups excluding carboxylic acids is 8. The summed E-state index contributed by atoms with van der Waals surface area (Å²) in [5.74, 6) is -4.91. The van der Waals surface area contributed by atoms with Gasteiger partial charge in [-0.05, 0) is 175 Å². The Morgan fingerprint density at radius 1 is 0.638 bits per heavy atom. The molecule has 5 aromatic carbocycles. The summed E-state index contributed by atoms with van der Waals surface area (Å²) in [6.07, 6.45) is -4.48. The number of nitrogens with one attached hydrogen (secondary N) is 2. The van der Waals surface area contributed by atoms with Gasteiger partial charge in [-0.15, -0.1) is 0 Å². The van der Waals surface area contributed by atoms with Gasteiger partial charge >= 0.3 is 24.5 Å². The van der Waals surface area contributed by atoms with Gasteiger partial charge in [0.15, 0.2) is 11.4 Å². The van der Waals surface area contributed by atoms with Crippen LogP contribution in [0.4, 0.5) is 59.1 Å². The average molecular weight is 1460 g/mol. The van der Waals surface area contributed by atoms with Crippen molar-refractivity contribution in [3.8, 4) is 11.5 Å². The number of nitrogens with zero attached hydrogens (tertiary/aromatic N) is 8. The molecule has 23 nitrogen and oxygen atoms in total. The summed E-state index contributed by atoms with van der Waals surface area (Å²) >= 11 is 0. The van der Waals surface area contributed by atoms with Crippen molar-refractivity contribution >= 4 is 70.6 Å². The lowest BCUT2D eigenvalue weighted by atomic mass is 9.90. The van der Waals surface area contributed by atoms with Crippen molar-refractivity contribution in [1.29, 1.82) is 0 Å². The van der Waals surface area contributed by atoms with Crippen molar-refractivity contribution in [2.75, 3.05) is 62.2 Å². The fraction of sp³-hybridized carbons (Fsp3) is 0.481. The first-order valence-corrected chi connectivity index (χ1v) is 34.8. The molecule has 2 N–H and O–H groups in total. The molecule has 4 atom stereocenters. The maximum atomic E-state index is 15.4. The van der Waals surface area contributed by atoms with Crippen LogP contribution >= 0.6 is 0 Å². The van der Waals surface area contributed by atoms with Crippen molar-refractivity contribution in [3.05, 3.63) is 164 Å². The molecule has 562 valence electrons. The molecule has 2 saturated heterocycles. The summed E-state index contributed by atoms with van der Waals surface area (Å²) in [7, 11) is 0. The summed E-state index contributed by atoms with van der Waals surface area (Å²) in [5.41, 5.74) is -6.41. The van der Waals surface area contributed by atoms with Crippen LogP contribution in [0.25, 0.3) is 9.69 Å². The highest BCUT2D eigenvalue weighted by atomic mass is 19.4. The summed E-state index contributed by atoms with van der Waals surface area (Å²) in [4.78, 5) is 123. The number of hydrogen-bond acceptors (Lipinski definition) is 13. The molecule has 0 bridgehead atoms. The molecule has 0 saturated carbocycles. The zero-order chi connectivity index (χ0) is 77.4. The third-order valence-corrected chi connectivity index (χ3v) is 18.1. The van der Waals surface area contributed by atoms with Gasteiger partial charge in [-0.25, -0.2) is 32.9 Å². The van der Waals surface area contributed by atoms with Crippen LogP contribution < -0.4 is 29.9 Å². The monoisotopic (exact) mass is 1460 g/mol. The van der Waals surface area contributed by atoms with Crippen LogP contribution in [0.2, 0.25) is 0 Å². The van der Waals surface area contributed by atoms with E-state index in [0.717, 1.165) is 29.2 Å². The number of ether oxygens (including phenoxy) is 5. The number of aryl methyl sites for hydroxylation is 1. The Morgan fingerprint density at radius 2 is 1.08 bits per heavy atom. The number of carbonyl (C=O) groups is 8. The minimum absolute atomic E-state index is 0.0124. The van der Waals surface area contributed by atoms with Crippen LogP contribution in [0.1, 0.15) is 171 Å². The van der Waals surface area contributed by atoms with Crippen LogP contribution in [0, 0.1) is 31.7 Å². The zero-order valence-electron chi connectivity index (χ0n) is 61.6. The van der Waals surface area contributed by atoms with E-state index in [4.69, 9.17) is 36.8 Å². The van der Waals surface area contributed by atoms with Gasteiger partial charge in [0.2, 0.25) is 17.1 Å². The number of fused-ring (bicyclic) bond motifs is 2. The van der Waals surface area contributed by atoms with Gasteiger partial charge in [-0.1, -0.05) is 49.4 Å². The molecular formula is C77H91F5N10O13. The lowest BCUT2D eigenvalue weighted by molar-refractivity contribution is -0.139. The molecule has 4 heterocycles. The SMILES string of the molecule is [C-]#[N+]c1ccc(F)c(C2(C)Oc3cc(C(F)(F)F)c(C(=O)N(C(C)C)[C@@H]4CCCN(C(=O)OC(C)(C)C)C4)cc3N(CCNC(=O)OCc3ccccc3)C2=O)c1.[C-]#[N+]c1ccc(F)c(C2(C)Oc3cc(C)c(C(=O)N(C(C)C)[C@@H]4CCCN(C(=O)OC(C)(C)C)C4)cc3N(CCNC(=O)CC)C2=O)c1. The number of anilines is 2. The van der Waals surface area contributed by atoms with Crippen LogP contribution in [-0.2, 0) is 52.6 Å². The molecule has 0 spiro atoms. The van der Waals surface area contributed by atoms with Crippen LogP contribution in [-0.4, -0.2) is 155 Å². The van der Waals surface area contributed by atoms with Crippen molar-refractivity contribution in [2.24, 2.45) is 0 Å². The van der Waals surface area contributed by atoms with E-state index < -0.39 is 111 Å². The second-order valence-corrected chi connectivity index (χ2v) is 29.0. The summed E-state index contributed by atoms with van der Waals surface area (Å²) in [6, 6.07) is 18.8. The topological polar surface area (TPSA) is 235 Å². The van der Waals surface area contributed by atoms with Gasteiger partial charge in [0.25, 0.3) is 23.6 Å². The molecular weight excluding hydrogens is 1370 g/mol. The molecule has 4 aliphatic heterocycles.